The topological polar surface area (TPSA) is 61.0 Å². The highest BCUT2D eigenvalue weighted by atomic mass is 79.9. The summed E-state index contributed by atoms with van der Waals surface area (Å²) >= 11 is 3.25. The fraction of sp³-hybridized carbons (Fsp3) is 0.429. The summed E-state index contributed by atoms with van der Waals surface area (Å²) in [6.45, 7) is 1.41. The lowest BCUT2D eigenvalue weighted by atomic mass is 10.0. The summed E-state index contributed by atoms with van der Waals surface area (Å²) in [4.78, 5) is 8.24. The highest BCUT2D eigenvalue weighted by molar-refractivity contribution is 9.10. The van der Waals surface area contributed by atoms with Crippen LogP contribution >= 0.6 is 15.9 Å². The Morgan fingerprint density at radius 1 is 1.58 bits per heavy atom. The number of nitrogens with two attached hydrogens (primary N) is 1. The molecule has 1 aliphatic heterocycles. The second-order valence-corrected chi connectivity index (χ2v) is 3.51. The molecule has 12 heavy (non-hydrogen) atoms. The van der Waals surface area contributed by atoms with E-state index in [-0.39, 0.29) is 0 Å². The monoisotopic (exact) mass is 229 g/mol. The number of nitrogens with zero attached hydrogens (tertiary/aromatic N) is 2. The van der Waals surface area contributed by atoms with Gasteiger partial charge in [-0.15, -0.1) is 0 Å². The minimum Gasteiger partial charge on any atom is -0.382 e. The predicted molar refractivity (Wildman–Crippen MR) is 47.7 cm³/mol. The Morgan fingerprint density at radius 3 is 2.92 bits per heavy atom. The van der Waals surface area contributed by atoms with E-state index in [2.05, 4.69) is 25.9 Å². The van der Waals surface area contributed by atoms with Crippen molar-refractivity contribution in [3.05, 3.63) is 16.5 Å². The van der Waals surface area contributed by atoms with E-state index in [0.717, 1.165) is 10.3 Å². The van der Waals surface area contributed by atoms with Crippen molar-refractivity contribution in [3.63, 3.8) is 0 Å². The Balaban J connectivity index is 2.34. The molecule has 1 saturated heterocycles. The molecule has 4 nitrogen and oxygen atoms in total. The summed E-state index contributed by atoms with van der Waals surface area (Å²) in [5.74, 6) is 0.835. The third kappa shape index (κ3) is 1.30. The van der Waals surface area contributed by atoms with Crippen molar-refractivity contribution in [2.45, 2.75) is 5.92 Å². The second kappa shape index (κ2) is 2.99. The lowest BCUT2D eigenvalue weighted by molar-refractivity contribution is 0.00685. The zero-order chi connectivity index (χ0) is 8.55. The zero-order valence-electron chi connectivity index (χ0n) is 6.33. The van der Waals surface area contributed by atoms with Crippen molar-refractivity contribution in [1.82, 2.24) is 9.97 Å². The number of nitrogen functional groups attached to an aromatic ring is 1. The molecule has 1 aromatic rings. The molecule has 0 aliphatic carbocycles. The number of ether oxygens (including phenoxy) is 1. The quantitative estimate of drug-likeness (QED) is 0.779. The van der Waals surface area contributed by atoms with Crippen LogP contribution < -0.4 is 5.73 Å². The number of halogens is 1. The summed E-state index contributed by atoms with van der Waals surface area (Å²) in [6.07, 6.45) is 1.60. The van der Waals surface area contributed by atoms with Crippen molar-refractivity contribution in [2.75, 3.05) is 18.9 Å². The van der Waals surface area contributed by atoms with Gasteiger partial charge in [0.15, 0.2) is 0 Å². The van der Waals surface area contributed by atoms with Crippen LogP contribution in [0.25, 0.3) is 0 Å². The molecule has 5 heteroatoms. The van der Waals surface area contributed by atoms with Crippen molar-refractivity contribution in [3.8, 4) is 0 Å². The van der Waals surface area contributed by atoms with Crippen molar-refractivity contribution in [2.24, 2.45) is 0 Å². The molecule has 2 heterocycles. The lowest BCUT2D eigenvalue weighted by Gasteiger charge is -2.25. The van der Waals surface area contributed by atoms with Gasteiger partial charge in [0.2, 0.25) is 0 Å². The fourth-order valence-corrected chi connectivity index (χ4v) is 1.38. The minimum atomic E-state index is 0.329. The molecule has 2 rings (SSSR count). The second-order valence-electron chi connectivity index (χ2n) is 2.70. The maximum atomic E-state index is 5.65. The van der Waals surface area contributed by atoms with Crippen molar-refractivity contribution < 1.29 is 4.74 Å². The Labute approximate surface area is 78.3 Å². The van der Waals surface area contributed by atoms with Crippen LogP contribution in [0, 0.1) is 0 Å². The molecular formula is C7H8BrN3O. The van der Waals surface area contributed by atoms with E-state index in [1.165, 1.54) is 0 Å². The average molecular weight is 230 g/mol. The van der Waals surface area contributed by atoms with E-state index in [1.54, 1.807) is 6.20 Å². The molecule has 64 valence electrons. The molecule has 1 aromatic heterocycles. The SMILES string of the molecule is Nc1ncc(Br)nc1C1COC1. The Morgan fingerprint density at radius 2 is 2.33 bits per heavy atom. The molecule has 0 spiro atoms. The first-order chi connectivity index (χ1) is 5.77. The zero-order valence-corrected chi connectivity index (χ0v) is 7.91. The van der Waals surface area contributed by atoms with Gasteiger partial charge in [0.05, 0.1) is 31.0 Å². The first-order valence-electron chi connectivity index (χ1n) is 3.63. The van der Waals surface area contributed by atoms with Crippen LogP contribution in [0.1, 0.15) is 11.6 Å². The van der Waals surface area contributed by atoms with Gasteiger partial charge < -0.3 is 10.5 Å². The van der Waals surface area contributed by atoms with Gasteiger partial charge in [0, 0.05) is 0 Å². The normalized spacial score (nSPS) is 17.4. The summed E-state index contributed by atoms with van der Waals surface area (Å²) in [6, 6.07) is 0. The molecule has 2 N–H and O–H groups in total. The largest absolute Gasteiger partial charge is 0.382 e. The Kier molecular flexibility index (Phi) is 1.98. The number of hydrogen-bond acceptors (Lipinski definition) is 4. The van der Waals surface area contributed by atoms with E-state index in [4.69, 9.17) is 10.5 Å². The maximum absolute atomic E-state index is 5.65. The third-order valence-electron chi connectivity index (χ3n) is 1.82. The van der Waals surface area contributed by atoms with E-state index >= 15 is 0 Å². The van der Waals surface area contributed by atoms with E-state index < -0.39 is 0 Å². The van der Waals surface area contributed by atoms with Gasteiger partial charge in [0.25, 0.3) is 0 Å². The molecule has 0 unspecified atom stereocenters. The van der Waals surface area contributed by atoms with Crippen LogP contribution in [-0.4, -0.2) is 23.2 Å². The highest BCUT2D eigenvalue weighted by Crippen LogP contribution is 2.26. The summed E-state index contributed by atoms with van der Waals surface area (Å²) in [7, 11) is 0. The van der Waals surface area contributed by atoms with Gasteiger partial charge in [0.1, 0.15) is 10.4 Å². The number of aromatic nitrogens is 2. The number of hydrogen-bond donors (Lipinski definition) is 1. The molecule has 0 atom stereocenters. The van der Waals surface area contributed by atoms with Gasteiger partial charge in [-0.25, -0.2) is 9.97 Å². The Hall–Kier alpha value is -0.680. The maximum Gasteiger partial charge on any atom is 0.145 e. The third-order valence-corrected chi connectivity index (χ3v) is 2.21. The summed E-state index contributed by atoms with van der Waals surface area (Å²) in [5.41, 5.74) is 6.49. The van der Waals surface area contributed by atoms with Gasteiger partial charge in [-0.3, -0.25) is 0 Å². The first kappa shape index (κ1) is 7.94. The summed E-state index contributed by atoms with van der Waals surface area (Å²) < 4.78 is 5.77. The molecule has 1 aliphatic rings. The van der Waals surface area contributed by atoms with E-state index in [9.17, 15) is 0 Å². The van der Waals surface area contributed by atoms with Gasteiger partial charge >= 0.3 is 0 Å². The standard InChI is InChI=1S/C7H8BrN3O/c8-5-1-10-7(9)6(11-5)4-2-12-3-4/h1,4H,2-3H2,(H2,9,10). The van der Waals surface area contributed by atoms with Crippen molar-refractivity contribution in [1.29, 1.82) is 0 Å². The first-order valence-corrected chi connectivity index (χ1v) is 4.42. The Bertz CT molecular complexity index is 301. The number of anilines is 1. The number of rotatable bonds is 1. The smallest absolute Gasteiger partial charge is 0.145 e. The molecule has 0 saturated carbocycles. The summed E-state index contributed by atoms with van der Waals surface area (Å²) in [5, 5.41) is 0. The van der Waals surface area contributed by atoms with Gasteiger partial charge in [-0.1, -0.05) is 0 Å². The van der Waals surface area contributed by atoms with Crippen LogP contribution in [0.15, 0.2) is 10.8 Å². The molecule has 0 bridgehead atoms. The van der Waals surface area contributed by atoms with Gasteiger partial charge in [-0.05, 0) is 15.9 Å². The molecule has 0 radical (unpaired) electrons. The van der Waals surface area contributed by atoms with Crippen LogP contribution in [-0.2, 0) is 4.74 Å². The lowest BCUT2D eigenvalue weighted by Crippen LogP contribution is -2.27. The highest BCUT2D eigenvalue weighted by Gasteiger charge is 2.24. The van der Waals surface area contributed by atoms with Crippen LogP contribution in [0.4, 0.5) is 5.82 Å². The fourth-order valence-electron chi connectivity index (χ4n) is 1.08. The minimum absolute atomic E-state index is 0.329. The average Bonchev–Trinajstić information content (AvgIpc) is 1.93. The molecule has 0 amide bonds. The van der Waals surface area contributed by atoms with Crippen LogP contribution in [0.3, 0.4) is 0 Å². The van der Waals surface area contributed by atoms with Gasteiger partial charge in [-0.2, -0.15) is 0 Å². The van der Waals surface area contributed by atoms with Crippen LogP contribution in [0.5, 0.6) is 0 Å². The van der Waals surface area contributed by atoms with Crippen LogP contribution in [0.2, 0.25) is 0 Å². The van der Waals surface area contributed by atoms with E-state index in [1.807, 2.05) is 0 Å². The predicted octanol–water partition coefficient (Wildman–Crippen LogP) is 0.935. The molecule has 0 aromatic carbocycles. The molecule has 1 fully saturated rings. The van der Waals surface area contributed by atoms with Crippen molar-refractivity contribution >= 4 is 21.7 Å². The van der Waals surface area contributed by atoms with E-state index in [0.29, 0.717) is 24.9 Å². The molecular weight excluding hydrogens is 222 g/mol.